The number of ether oxygens (including phenoxy) is 4. The van der Waals surface area contributed by atoms with Gasteiger partial charge in [-0.05, 0) is 77.8 Å². The lowest BCUT2D eigenvalue weighted by Crippen LogP contribution is -2.53. The normalized spacial score (nSPS) is 18.2. The average molecular weight is 663 g/mol. The number of nitrogens with zero attached hydrogens (tertiary/aromatic N) is 1. The van der Waals surface area contributed by atoms with Crippen LogP contribution >= 0.6 is 15.9 Å². The number of aliphatic hydroxyl groups excluding tert-OH is 1. The highest BCUT2D eigenvalue weighted by Gasteiger charge is 2.54. The molecule has 0 unspecified atom stereocenters. The first-order chi connectivity index (χ1) is 20.4. The molecule has 1 amide bonds. The maximum Gasteiger partial charge on any atom is 0.306 e. The van der Waals surface area contributed by atoms with Gasteiger partial charge in [0.2, 0.25) is 5.90 Å². The predicted octanol–water partition coefficient (Wildman–Crippen LogP) is 5.03. The van der Waals surface area contributed by atoms with E-state index in [2.05, 4.69) is 26.8 Å². The fourth-order valence-electron chi connectivity index (χ4n) is 4.45. The summed E-state index contributed by atoms with van der Waals surface area (Å²) in [5.74, 6) is 0.0444. The number of hydrazine groups is 1. The van der Waals surface area contributed by atoms with Crippen molar-refractivity contribution in [1.29, 1.82) is 0 Å². The Balaban J connectivity index is 1.95. The van der Waals surface area contributed by atoms with Crippen molar-refractivity contribution in [3.05, 3.63) is 64.1 Å². The molecule has 2 aromatic carbocycles. The number of hydrogen-bond donors (Lipinski definition) is 3. The van der Waals surface area contributed by atoms with Crippen molar-refractivity contribution < 1.29 is 33.6 Å². The molecule has 10 nitrogen and oxygen atoms in total. The summed E-state index contributed by atoms with van der Waals surface area (Å²) in [5.41, 5.74) is 5.01. The lowest BCUT2D eigenvalue weighted by molar-refractivity contribution is -0.155. The van der Waals surface area contributed by atoms with Crippen molar-refractivity contribution in [3.8, 4) is 5.75 Å². The van der Waals surface area contributed by atoms with Crippen LogP contribution in [0.2, 0.25) is 0 Å². The Labute approximate surface area is 262 Å². The molecule has 1 aliphatic rings. The van der Waals surface area contributed by atoms with Crippen LogP contribution in [0.3, 0.4) is 0 Å². The van der Waals surface area contributed by atoms with E-state index in [-0.39, 0.29) is 31.5 Å². The third-order valence-corrected chi connectivity index (χ3v) is 7.17. The number of nitrogens with one attached hydrogen (secondary N) is 2. The zero-order chi connectivity index (χ0) is 31.5. The van der Waals surface area contributed by atoms with Crippen molar-refractivity contribution in [2.75, 3.05) is 26.4 Å². The summed E-state index contributed by atoms with van der Waals surface area (Å²) in [6, 6.07) is 14.7. The Morgan fingerprint density at radius 1 is 1.09 bits per heavy atom. The minimum Gasteiger partial charge on any atom is -0.494 e. The number of halogens is 1. The van der Waals surface area contributed by atoms with Gasteiger partial charge in [-0.25, -0.2) is 10.4 Å². The van der Waals surface area contributed by atoms with Crippen LogP contribution in [0.25, 0.3) is 0 Å². The molecule has 0 bridgehead atoms. The second-order valence-corrected chi connectivity index (χ2v) is 12.4. The largest absolute Gasteiger partial charge is 0.494 e. The van der Waals surface area contributed by atoms with Gasteiger partial charge in [0.05, 0.1) is 12.7 Å². The van der Waals surface area contributed by atoms with Crippen LogP contribution < -0.4 is 15.6 Å². The molecule has 2 atom stereocenters. The number of rotatable bonds is 16. The lowest BCUT2D eigenvalue weighted by Gasteiger charge is -2.31. The number of amides is 1. The van der Waals surface area contributed by atoms with Gasteiger partial charge in [-0.15, -0.1) is 0 Å². The van der Waals surface area contributed by atoms with E-state index in [1.54, 1.807) is 45.0 Å². The zero-order valence-corrected chi connectivity index (χ0v) is 27.2. The molecule has 11 heteroatoms. The lowest BCUT2D eigenvalue weighted by atomic mass is 9.83. The molecule has 0 fully saturated rings. The molecule has 0 aliphatic carbocycles. The summed E-state index contributed by atoms with van der Waals surface area (Å²) < 4.78 is 24.0. The van der Waals surface area contributed by atoms with Crippen LogP contribution in [0.5, 0.6) is 5.75 Å². The van der Waals surface area contributed by atoms with Gasteiger partial charge < -0.3 is 24.1 Å². The number of aliphatic imine (C=N–C) groups is 1. The minimum atomic E-state index is -1.49. The molecule has 236 valence electrons. The zero-order valence-electron chi connectivity index (χ0n) is 25.7. The van der Waals surface area contributed by atoms with Crippen LogP contribution in [-0.2, 0) is 23.8 Å². The summed E-state index contributed by atoms with van der Waals surface area (Å²) in [6.45, 7) is 10.8. The Bertz CT molecular complexity index is 1230. The van der Waals surface area contributed by atoms with E-state index in [1.165, 1.54) is 0 Å². The van der Waals surface area contributed by atoms with Crippen LogP contribution in [-0.4, -0.2) is 66.5 Å². The van der Waals surface area contributed by atoms with Gasteiger partial charge in [0, 0.05) is 48.2 Å². The van der Waals surface area contributed by atoms with E-state index in [9.17, 15) is 9.59 Å². The smallest absolute Gasteiger partial charge is 0.306 e. The first kappa shape index (κ1) is 34.5. The second-order valence-electron chi connectivity index (χ2n) is 11.6. The fourth-order valence-corrected chi connectivity index (χ4v) is 4.94. The Morgan fingerprint density at radius 3 is 2.47 bits per heavy atom. The highest BCUT2D eigenvalue weighted by molar-refractivity contribution is 9.10. The predicted molar refractivity (Wildman–Crippen MR) is 168 cm³/mol. The number of hydrogen-bond acceptors (Lipinski definition) is 9. The molecular formula is C32H44BrN3O7. The van der Waals surface area contributed by atoms with E-state index in [0.717, 1.165) is 10.0 Å². The van der Waals surface area contributed by atoms with E-state index < -0.39 is 29.1 Å². The molecule has 0 radical (unpaired) electrons. The molecule has 43 heavy (non-hydrogen) atoms. The molecule has 1 aliphatic heterocycles. The maximum atomic E-state index is 14.1. The van der Waals surface area contributed by atoms with Gasteiger partial charge in [-0.1, -0.05) is 34.1 Å². The number of aliphatic hydroxyl groups is 1. The average Bonchev–Trinajstić information content (AvgIpc) is 3.34. The minimum absolute atomic E-state index is 0.0454. The first-order valence-corrected chi connectivity index (χ1v) is 15.5. The van der Waals surface area contributed by atoms with Gasteiger partial charge in [-0.3, -0.25) is 15.0 Å². The second kappa shape index (κ2) is 16.2. The molecule has 0 saturated carbocycles. The number of esters is 1. The van der Waals surface area contributed by atoms with Gasteiger partial charge >= 0.3 is 5.97 Å². The summed E-state index contributed by atoms with van der Waals surface area (Å²) in [5, 5.41) is 9.02. The summed E-state index contributed by atoms with van der Waals surface area (Å²) in [4.78, 5) is 31.9. The summed E-state index contributed by atoms with van der Waals surface area (Å²) in [7, 11) is 0. The molecule has 0 aromatic heterocycles. The van der Waals surface area contributed by atoms with Crippen LogP contribution in [0.1, 0.15) is 77.5 Å². The van der Waals surface area contributed by atoms with Gasteiger partial charge in [0.15, 0.2) is 11.6 Å². The maximum absolute atomic E-state index is 14.1. The van der Waals surface area contributed by atoms with Crippen molar-refractivity contribution in [1.82, 2.24) is 10.9 Å². The highest BCUT2D eigenvalue weighted by Crippen LogP contribution is 2.45. The number of carbonyl (C=O) groups excluding carboxylic acids is 2. The van der Waals surface area contributed by atoms with Crippen molar-refractivity contribution in [2.24, 2.45) is 4.99 Å². The van der Waals surface area contributed by atoms with Gasteiger partial charge in [0.25, 0.3) is 5.91 Å². The monoisotopic (exact) mass is 661 g/mol. The van der Waals surface area contributed by atoms with Gasteiger partial charge in [0.1, 0.15) is 11.4 Å². The SMILES string of the molecule is CC(C)OCCCNNC(=O)[C@@]1(CCC(=O)OC(C)(C)C)N=C(c2ccc(OCCCO)cc2)O[C@H]1c1ccccc1Br. The van der Waals surface area contributed by atoms with Crippen molar-refractivity contribution >= 4 is 33.7 Å². The van der Waals surface area contributed by atoms with Crippen LogP contribution in [0, 0.1) is 0 Å². The number of benzene rings is 2. The Kier molecular flexibility index (Phi) is 13.0. The number of carbonyl (C=O) groups is 2. The van der Waals surface area contributed by atoms with E-state index in [1.807, 2.05) is 38.1 Å². The third kappa shape index (κ3) is 10.3. The van der Waals surface area contributed by atoms with E-state index in [4.69, 9.17) is 29.0 Å². The van der Waals surface area contributed by atoms with Crippen molar-refractivity contribution in [3.63, 3.8) is 0 Å². The topological polar surface area (TPSA) is 128 Å². The molecule has 3 rings (SSSR count). The van der Waals surface area contributed by atoms with E-state index >= 15 is 0 Å². The molecule has 1 heterocycles. The quantitative estimate of drug-likeness (QED) is 0.130. The first-order valence-electron chi connectivity index (χ1n) is 14.7. The van der Waals surface area contributed by atoms with Crippen molar-refractivity contribution in [2.45, 2.75) is 83.6 Å². The summed E-state index contributed by atoms with van der Waals surface area (Å²) in [6.07, 6.45) is 0.496. The summed E-state index contributed by atoms with van der Waals surface area (Å²) >= 11 is 3.62. The van der Waals surface area contributed by atoms with E-state index in [0.29, 0.717) is 43.9 Å². The molecular weight excluding hydrogens is 618 g/mol. The standard InChI is InChI=1S/C32H44BrN3O7/c1-22(2)40-20-8-18-34-36-30(39)32(17-16-27(38)43-31(3,4)5)28(25-10-6-7-11-26(25)33)42-29(35-32)23-12-14-24(15-13-23)41-21-9-19-37/h6-7,10-15,22,28,34,37H,8-9,16-21H2,1-5H3,(H,36,39)/t28-,32-/m0/s1. The molecule has 0 saturated heterocycles. The van der Waals surface area contributed by atoms with Crippen LogP contribution in [0.15, 0.2) is 58.0 Å². The molecule has 3 N–H and O–H groups in total. The highest BCUT2D eigenvalue weighted by atomic mass is 79.9. The van der Waals surface area contributed by atoms with Gasteiger partial charge in [-0.2, -0.15) is 0 Å². The molecule has 2 aromatic rings. The Morgan fingerprint density at radius 2 is 1.81 bits per heavy atom. The Hall–Kier alpha value is -2.99. The third-order valence-electron chi connectivity index (χ3n) is 6.45. The van der Waals surface area contributed by atoms with Crippen LogP contribution in [0.4, 0.5) is 0 Å². The molecule has 0 spiro atoms. The fraction of sp³-hybridized carbons (Fsp3) is 0.531.